The summed E-state index contributed by atoms with van der Waals surface area (Å²) in [6, 6.07) is 30.4. The van der Waals surface area contributed by atoms with Gasteiger partial charge in [-0.15, -0.1) is 10.2 Å². The lowest BCUT2D eigenvalue weighted by Gasteiger charge is -2.22. The van der Waals surface area contributed by atoms with E-state index in [0.29, 0.717) is 33.9 Å². The Morgan fingerprint density at radius 1 is 0.838 bits per heavy atom. The Bertz CT molecular complexity index is 1510. The van der Waals surface area contributed by atoms with Crippen LogP contribution in [0.3, 0.4) is 0 Å². The van der Waals surface area contributed by atoms with Gasteiger partial charge < -0.3 is 15.0 Å². The van der Waals surface area contributed by atoms with E-state index in [9.17, 15) is 4.79 Å². The number of hydrogen-bond acceptors (Lipinski definition) is 6. The maximum Gasteiger partial charge on any atom is 0.213 e. The van der Waals surface area contributed by atoms with E-state index in [-0.39, 0.29) is 0 Å². The summed E-state index contributed by atoms with van der Waals surface area (Å²) >= 11 is 14.0. The predicted molar refractivity (Wildman–Crippen MR) is 150 cm³/mol. The van der Waals surface area contributed by atoms with Crippen molar-refractivity contribution in [1.29, 1.82) is 0 Å². The molecule has 5 rings (SSSR count). The molecule has 0 aliphatic heterocycles. The van der Waals surface area contributed by atoms with E-state index in [1.165, 1.54) is 11.3 Å². The Hall–Kier alpha value is -3.91. The summed E-state index contributed by atoms with van der Waals surface area (Å²) in [5.74, 6) is 1.48. The Balaban J connectivity index is 1.45. The van der Waals surface area contributed by atoms with Crippen LogP contribution in [0.2, 0.25) is 10.0 Å². The molecule has 1 aromatic heterocycles. The molecule has 1 heterocycles. The van der Waals surface area contributed by atoms with Crippen LogP contribution in [0.1, 0.15) is 5.56 Å². The van der Waals surface area contributed by atoms with Gasteiger partial charge in [0.15, 0.2) is 0 Å². The number of nitrogens with zero attached hydrogens (tertiary/aromatic N) is 3. The summed E-state index contributed by atoms with van der Waals surface area (Å²) in [4.78, 5) is 12.8. The first-order valence-electron chi connectivity index (χ1n) is 11.3. The average Bonchev–Trinajstić information content (AvgIpc) is 3.41. The second kappa shape index (κ2) is 11.4. The van der Waals surface area contributed by atoms with Gasteiger partial charge in [-0.1, -0.05) is 77.0 Å². The molecule has 6 nitrogen and oxygen atoms in total. The first-order valence-corrected chi connectivity index (χ1v) is 12.8. The van der Waals surface area contributed by atoms with Crippen LogP contribution in [0.4, 0.5) is 16.5 Å². The fourth-order valence-corrected chi connectivity index (χ4v) is 4.79. The number of anilines is 3. The van der Waals surface area contributed by atoms with Crippen molar-refractivity contribution >= 4 is 57.5 Å². The molecule has 184 valence electrons. The molecule has 0 aliphatic carbocycles. The molecule has 0 saturated heterocycles. The van der Waals surface area contributed by atoms with Crippen LogP contribution in [-0.2, 0) is 11.3 Å². The molecule has 0 unspecified atom stereocenters. The minimum Gasteiger partial charge on any atom is -0.457 e. The minimum absolute atomic E-state index is 0.449. The molecule has 0 aliphatic rings. The van der Waals surface area contributed by atoms with Crippen molar-refractivity contribution in [2.45, 2.75) is 6.54 Å². The quantitative estimate of drug-likeness (QED) is 0.188. The number of halogens is 2. The van der Waals surface area contributed by atoms with Gasteiger partial charge in [0.2, 0.25) is 11.5 Å². The number of nitrogens with one attached hydrogen (secondary N) is 1. The molecule has 0 saturated carbocycles. The first kappa shape index (κ1) is 24.8. The van der Waals surface area contributed by atoms with Gasteiger partial charge in [0, 0.05) is 16.9 Å². The molecular formula is C28H20Cl2N4O2S. The van der Waals surface area contributed by atoms with Crippen molar-refractivity contribution in [1.82, 2.24) is 10.2 Å². The normalized spacial score (nSPS) is 10.6. The monoisotopic (exact) mass is 546 g/mol. The van der Waals surface area contributed by atoms with Crippen molar-refractivity contribution < 1.29 is 9.53 Å². The number of amides is 1. The molecule has 0 bridgehead atoms. The summed E-state index contributed by atoms with van der Waals surface area (Å²) in [5.41, 5.74) is 3.46. The lowest BCUT2D eigenvalue weighted by molar-refractivity contribution is -0.105. The topological polar surface area (TPSA) is 67.4 Å². The molecule has 4 aromatic carbocycles. The lowest BCUT2D eigenvalue weighted by Crippen LogP contribution is -2.16. The second-order valence-electron chi connectivity index (χ2n) is 7.98. The van der Waals surface area contributed by atoms with Crippen molar-refractivity contribution in [3.8, 4) is 22.1 Å². The molecular weight excluding hydrogens is 527 g/mol. The van der Waals surface area contributed by atoms with Gasteiger partial charge in [-0.3, -0.25) is 4.79 Å². The van der Waals surface area contributed by atoms with Crippen LogP contribution in [0.15, 0.2) is 97.1 Å². The molecule has 0 spiro atoms. The second-order valence-corrected chi connectivity index (χ2v) is 9.75. The highest BCUT2D eigenvalue weighted by Gasteiger charge is 2.18. The zero-order valence-electron chi connectivity index (χ0n) is 19.3. The number of carbonyl (C=O) groups is 1. The Labute approximate surface area is 228 Å². The van der Waals surface area contributed by atoms with E-state index in [4.69, 9.17) is 27.9 Å². The Morgan fingerprint density at radius 3 is 2.38 bits per heavy atom. The van der Waals surface area contributed by atoms with Crippen LogP contribution in [0.25, 0.3) is 10.6 Å². The van der Waals surface area contributed by atoms with Crippen LogP contribution < -0.4 is 15.0 Å². The number of rotatable bonds is 9. The largest absolute Gasteiger partial charge is 0.457 e. The highest BCUT2D eigenvalue weighted by molar-refractivity contribution is 7.18. The summed E-state index contributed by atoms with van der Waals surface area (Å²) in [6.45, 7) is 0.505. The van der Waals surface area contributed by atoms with Gasteiger partial charge in [0.05, 0.1) is 16.6 Å². The van der Waals surface area contributed by atoms with Crippen LogP contribution >= 0.6 is 34.5 Å². The van der Waals surface area contributed by atoms with E-state index in [1.807, 2.05) is 95.9 Å². The summed E-state index contributed by atoms with van der Waals surface area (Å²) in [7, 11) is 0. The first-order chi connectivity index (χ1) is 18.1. The SMILES string of the molecule is O=CNc1ccc(CN(c2ccc(Cl)c(Cl)c2)c2nnc(-c3cccc(Oc4ccccc4)c3)s2)cc1. The van der Waals surface area contributed by atoms with Gasteiger partial charge in [0.1, 0.15) is 16.5 Å². The van der Waals surface area contributed by atoms with E-state index < -0.39 is 0 Å². The van der Waals surface area contributed by atoms with Crippen molar-refractivity contribution in [2.24, 2.45) is 0 Å². The van der Waals surface area contributed by atoms with E-state index in [2.05, 4.69) is 15.5 Å². The fourth-order valence-electron chi connectivity index (χ4n) is 3.64. The smallest absolute Gasteiger partial charge is 0.213 e. The maximum atomic E-state index is 10.7. The predicted octanol–water partition coefficient (Wildman–Crippen LogP) is 8.21. The molecule has 9 heteroatoms. The maximum absolute atomic E-state index is 10.7. The van der Waals surface area contributed by atoms with Gasteiger partial charge in [-0.2, -0.15) is 0 Å². The number of para-hydroxylation sites is 1. The number of aromatic nitrogens is 2. The fraction of sp³-hybridized carbons (Fsp3) is 0.0357. The van der Waals surface area contributed by atoms with E-state index in [0.717, 1.165) is 33.3 Å². The van der Waals surface area contributed by atoms with Gasteiger partial charge in [-0.25, -0.2) is 0 Å². The highest BCUT2D eigenvalue weighted by Crippen LogP contribution is 2.37. The van der Waals surface area contributed by atoms with Crippen molar-refractivity contribution in [3.63, 3.8) is 0 Å². The molecule has 0 radical (unpaired) electrons. The molecule has 37 heavy (non-hydrogen) atoms. The number of ether oxygens (including phenoxy) is 1. The number of hydrogen-bond donors (Lipinski definition) is 1. The van der Waals surface area contributed by atoms with Crippen LogP contribution in [-0.4, -0.2) is 16.6 Å². The Kier molecular flexibility index (Phi) is 7.65. The lowest BCUT2D eigenvalue weighted by atomic mass is 10.2. The Morgan fingerprint density at radius 2 is 1.62 bits per heavy atom. The summed E-state index contributed by atoms with van der Waals surface area (Å²) in [5, 5.41) is 14.0. The highest BCUT2D eigenvalue weighted by atomic mass is 35.5. The van der Waals surface area contributed by atoms with Crippen molar-refractivity contribution in [3.05, 3.63) is 113 Å². The third kappa shape index (κ3) is 6.09. The molecule has 0 fully saturated rings. The average molecular weight is 547 g/mol. The standard InChI is InChI=1S/C28H20Cl2N4O2S/c29-25-14-13-22(16-26(25)30)34(17-19-9-11-21(12-10-19)31-18-35)28-33-32-27(37-28)20-5-4-8-24(15-20)36-23-6-2-1-3-7-23/h1-16,18H,17H2,(H,31,35). The zero-order valence-corrected chi connectivity index (χ0v) is 21.7. The molecule has 5 aromatic rings. The van der Waals surface area contributed by atoms with E-state index >= 15 is 0 Å². The van der Waals surface area contributed by atoms with Crippen LogP contribution in [0.5, 0.6) is 11.5 Å². The van der Waals surface area contributed by atoms with E-state index in [1.54, 1.807) is 6.07 Å². The van der Waals surface area contributed by atoms with Gasteiger partial charge in [0.25, 0.3) is 0 Å². The van der Waals surface area contributed by atoms with Gasteiger partial charge in [-0.05, 0) is 60.2 Å². The molecule has 1 N–H and O–H groups in total. The zero-order chi connectivity index (χ0) is 25.6. The van der Waals surface area contributed by atoms with Crippen molar-refractivity contribution in [2.75, 3.05) is 10.2 Å². The van der Waals surface area contributed by atoms with Crippen LogP contribution in [0, 0.1) is 0 Å². The molecule has 0 atom stereocenters. The number of benzene rings is 4. The molecule has 1 amide bonds. The minimum atomic E-state index is 0.449. The third-order valence-electron chi connectivity index (χ3n) is 5.44. The third-order valence-corrected chi connectivity index (χ3v) is 7.17. The summed E-state index contributed by atoms with van der Waals surface area (Å²) < 4.78 is 5.99. The van der Waals surface area contributed by atoms with Gasteiger partial charge >= 0.3 is 0 Å². The summed E-state index contributed by atoms with van der Waals surface area (Å²) in [6.07, 6.45) is 0.652. The number of carbonyl (C=O) groups excluding carboxylic acids is 1.